The lowest BCUT2D eigenvalue weighted by Gasteiger charge is -2.15. The van der Waals surface area contributed by atoms with Crippen LogP contribution in [0.4, 0.5) is 0 Å². The van der Waals surface area contributed by atoms with Gasteiger partial charge in [0.15, 0.2) is 0 Å². The van der Waals surface area contributed by atoms with E-state index in [1.807, 2.05) is 0 Å². The fourth-order valence-corrected chi connectivity index (χ4v) is 1.16. The van der Waals surface area contributed by atoms with Crippen molar-refractivity contribution >= 4 is 0 Å². The van der Waals surface area contributed by atoms with Crippen LogP contribution in [0.1, 0.15) is 24.1 Å². The molecule has 0 fully saturated rings. The first-order valence-electron chi connectivity index (χ1n) is 4.25. The minimum absolute atomic E-state index is 0.251. The quantitative estimate of drug-likeness (QED) is 0.639. The summed E-state index contributed by atoms with van der Waals surface area (Å²) in [6, 6.07) is 4.71. The van der Waals surface area contributed by atoms with E-state index in [0.29, 0.717) is 0 Å². The molecule has 0 radical (unpaired) electrons. The van der Waals surface area contributed by atoms with Gasteiger partial charge in [0.1, 0.15) is 5.75 Å². The van der Waals surface area contributed by atoms with Gasteiger partial charge < -0.3 is 15.9 Å². The van der Waals surface area contributed by atoms with E-state index in [1.165, 1.54) is 0 Å². The summed E-state index contributed by atoms with van der Waals surface area (Å²) >= 11 is 0. The van der Waals surface area contributed by atoms with E-state index in [4.69, 9.17) is 5.73 Å². The van der Waals surface area contributed by atoms with E-state index in [2.05, 4.69) is 0 Å². The Balaban J connectivity index is 2.97. The van der Waals surface area contributed by atoms with E-state index < -0.39 is 6.10 Å². The molecule has 72 valence electrons. The number of rotatable bonds is 2. The molecule has 0 bridgehead atoms. The molecule has 0 unspecified atom stereocenters. The van der Waals surface area contributed by atoms with Crippen molar-refractivity contribution in [3.63, 3.8) is 0 Å². The Bertz CT molecular complexity index is 297. The standard InChI is InChI=1S/C10H15NO2/c1-6-5-8(3-4-9(6)13)10(11)7(2)12/h3-5,7,10,12-13H,11H2,1-2H3/t7-,10-/m0/s1. The van der Waals surface area contributed by atoms with Gasteiger partial charge in [-0.05, 0) is 31.0 Å². The highest BCUT2D eigenvalue weighted by molar-refractivity contribution is 5.36. The molecule has 0 aliphatic carbocycles. The molecule has 0 heterocycles. The minimum atomic E-state index is -0.580. The highest BCUT2D eigenvalue weighted by Gasteiger charge is 2.12. The van der Waals surface area contributed by atoms with Crippen molar-refractivity contribution in [3.8, 4) is 5.75 Å². The van der Waals surface area contributed by atoms with Crippen LogP contribution in [0.15, 0.2) is 18.2 Å². The Kier molecular flexibility index (Phi) is 2.90. The predicted octanol–water partition coefficient (Wildman–Crippen LogP) is 1.08. The van der Waals surface area contributed by atoms with Crippen LogP contribution >= 0.6 is 0 Å². The normalized spacial score (nSPS) is 15.4. The van der Waals surface area contributed by atoms with Crippen LogP contribution in [-0.2, 0) is 0 Å². The Labute approximate surface area is 77.8 Å². The number of aromatic hydroxyl groups is 1. The zero-order valence-electron chi connectivity index (χ0n) is 7.86. The van der Waals surface area contributed by atoms with Crippen molar-refractivity contribution in [2.75, 3.05) is 0 Å². The Morgan fingerprint density at radius 1 is 1.38 bits per heavy atom. The third-order valence-corrected chi connectivity index (χ3v) is 2.13. The molecule has 1 aromatic rings. The lowest BCUT2D eigenvalue weighted by atomic mass is 10.0. The molecular weight excluding hydrogens is 166 g/mol. The zero-order valence-corrected chi connectivity index (χ0v) is 7.86. The second kappa shape index (κ2) is 3.77. The average Bonchev–Trinajstić information content (AvgIpc) is 2.08. The van der Waals surface area contributed by atoms with Crippen LogP contribution in [0, 0.1) is 6.92 Å². The maximum absolute atomic E-state index is 9.26. The van der Waals surface area contributed by atoms with Gasteiger partial charge in [-0.2, -0.15) is 0 Å². The number of hydrogen-bond acceptors (Lipinski definition) is 3. The SMILES string of the molecule is Cc1cc([C@@H](N)[C@H](C)O)ccc1O. The molecule has 3 nitrogen and oxygen atoms in total. The van der Waals surface area contributed by atoms with Gasteiger partial charge in [0.05, 0.1) is 12.1 Å². The van der Waals surface area contributed by atoms with E-state index in [1.54, 1.807) is 32.0 Å². The summed E-state index contributed by atoms with van der Waals surface area (Å²) in [6.07, 6.45) is -0.580. The third-order valence-electron chi connectivity index (χ3n) is 2.13. The first-order valence-corrected chi connectivity index (χ1v) is 4.25. The van der Waals surface area contributed by atoms with Crippen molar-refractivity contribution in [1.29, 1.82) is 0 Å². The number of hydrogen-bond donors (Lipinski definition) is 3. The minimum Gasteiger partial charge on any atom is -0.508 e. The Morgan fingerprint density at radius 3 is 2.46 bits per heavy atom. The van der Waals surface area contributed by atoms with Crippen LogP contribution in [0.2, 0.25) is 0 Å². The molecule has 0 aliphatic rings. The van der Waals surface area contributed by atoms with Crippen LogP contribution in [0.5, 0.6) is 5.75 Å². The third kappa shape index (κ3) is 2.20. The molecule has 13 heavy (non-hydrogen) atoms. The predicted molar refractivity (Wildman–Crippen MR) is 51.5 cm³/mol. The van der Waals surface area contributed by atoms with E-state index >= 15 is 0 Å². The van der Waals surface area contributed by atoms with Gasteiger partial charge in [-0.1, -0.05) is 12.1 Å². The van der Waals surface area contributed by atoms with Crippen LogP contribution < -0.4 is 5.73 Å². The molecule has 0 amide bonds. The van der Waals surface area contributed by atoms with Crippen molar-refractivity contribution in [3.05, 3.63) is 29.3 Å². The summed E-state index contributed by atoms with van der Waals surface area (Å²) in [7, 11) is 0. The summed E-state index contributed by atoms with van der Waals surface area (Å²) in [4.78, 5) is 0. The molecule has 3 heteroatoms. The first kappa shape index (κ1) is 10.0. The highest BCUT2D eigenvalue weighted by atomic mass is 16.3. The van der Waals surface area contributed by atoms with E-state index in [9.17, 15) is 10.2 Å². The van der Waals surface area contributed by atoms with Gasteiger partial charge in [0.25, 0.3) is 0 Å². The monoisotopic (exact) mass is 181 g/mol. The number of benzene rings is 1. The van der Waals surface area contributed by atoms with Crippen LogP contribution in [0.3, 0.4) is 0 Å². The lowest BCUT2D eigenvalue weighted by Crippen LogP contribution is -2.23. The topological polar surface area (TPSA) is 66.5 Å². The molecule has 0 aliphatic heterocycles. The number of aryl methyl sites for hydroxylation is 1. The molecule has 0 saturated heterocycles. The summed E-state index contributed by atoms with van der Waals surface area (Å²) < 4.78 is 0. The summed E-state index contributed by atoms with van der Waals surface area (Å²) in [5.41, 5.74) is 7.34. The van der Waals surface area contributed by atoms with Gasteiger partial charge in [-0.25, -0.2) is 0 Å². The second-order valence-electron chi connectivity index (χ2n) is 3.31. The van der Waals surface area contributed by atoms with Gasteiger partial charge >= 0.3 is 0 Å². The smallest absolute Gasteiger partial charge is 0.118 e. The van der Waals surface area contributed by atoms with Gasteiger partial charge in [0.2, 0.25) is 0 Å². The number of phenols is 1. The summed E-state index contributed by atoms with van der Waals surface area (Å²) in [5.74, 6) is 0.251. The van der Waals surface area contributed by atoms with Crippen LogP contribution in [-0.4, -0.2) is 16.3 Å². The van der Waals surface area contributed by atoms with E-state index in [-0.39, 0.29) is 11.8 Å². The Hall–Kier alpha value is -1.06. The average molecular weight is 181 g/mol. The number of aliphatic hydroxyl groups excluding tert-OH is 1. The van der Waals surface area contributed by atoms with Crippen molar-refractivity contribution in [2.45, 2.75) is 26.0 Å². The summed E-state index contributed by atoms with van der Waals surface area (Å²) in [5, 5.41) is 18.5. The number of aliphatic hydroxyl groups is 1. The number of nitrogens with two attached hydrogens (primary N) is 1. The van der Waals surface area contributed by atoms with Crippen molar-refractivity contribution in [1.82, 2.24) is 0 Å². The fraction of sp³-hybridized carbons (Fsp3) is 0.400. The molecule has 4 N–H and O–H groups in total. The number of phenolic OH excluding ortho intramolecular Hbond substituents is 1. The van der Waals surface area contributed by atoms with Gasteiger partial charge in [-0.3, -0.25) is 0 Å². The van der Waals surface area contributed by atoms with Crippen LogP contribution in [0.25, 0.3) is 0 Å². The zero-order chi connectivity index (χ0) is 10.0. The Morgan fingerprint density at radius 2 is 2.00 bits per heavy atom. The van der Waals surface area contributed by atoms with Crippen molar-refractivity contribution < 1.29 is 10.2 Å². The molecule has 1 rings (SSSR count). The maximum atomic E-state index is 9.26. The van der Waals surface area contributed by atoms with E-state index in [0.717, 1.165) is 11.1 Å². The molecule has 1 aromatic carbocycles. The summed E-state index contributed by atoms with van der Waals surface area (Å²) in [6.45, 7) is 3.44. The largest absolute Gasteiger partial charge is 0.508 e. The van der Waals surface area contributed by atoms with Gasteiger partial charge in [0, 0.05) is 0 Å². The molecule has 0 spiro atoms. The fourth-order valence-electron chi connectivity index (χ4n) is 1.16. The second-order valence-corrected chi connectivity index (χ2v) is 3.31. The lowest BCUT2D eigenvalue weighted by molar-refractivity contribution is 0.164. The molecule has 0 aromatic heterocycles. The maximum Gasteiger partial charge on any atom is 0.118 e. The first-order chi connectivity index (χ1) is 6.02. The molecular formula is C10H15NO2. The highest BCUT2D eigenvalue weighted by Crippen LogP contribution is 2.21. The van der Waals surface area contributed by atoms with Crippen molar-refractivity contribution in [2.24, 2.45) is 5.73 Å². The molecule has 2 atom stereocenters. The van der Waals surface area contributed by atoms with Gasteiger partial charge in [-0.15, -0.1) is 0 Å². The molecule has 0 saturated carbocycles.